The highest BCUT2D eigenvalue weighted by Crippen LogP contribution is 2.22. The van der Waals surface area contributed by atoms with E-state index in [9.17, 15) is 9.18 Å². The van der Waals surface area contributed by atoms with E-state index in [1.807, 2.05) is 0 Å². The zero-order valence-corrected chi connectivity index (χ0v) is 13.7. The van der Waals surface area contributed by atoms with Crippen LogP contribution in [0.3, 0.4) is 0 Å². The molecule has 5 nitrogen and oxygen atoms in total. The van der Waals surface area contributed by atoms with Gasteiger partial charge >= 0.3 is 5.97 Å². The molecular formula is C18H13ClFNO4. The van der Waals surface area contributed by atoms with E-state index in [0.29, 0.717) is 16.5 Å². The predicted octanol–water partition coefficient (Wildman–Crippen LogP) is 4.26. The van der Waals surface area contributed by atoms with E-state index >= 15 is 0 Å². The van der Waals surface area contributed by atoms with Gasteiger partial charge in [-0.3, -0.25) is 0 Å². The molecule has 0 N–H and O–H groups in total. The molecule has 0 unspecified atom stereocenters. The van der Waals surface area contributed by atoms with Crippen LogP contribution < -0.4 is 4.74 Å². The SMILES string of the molecule is O=C(COc1ccccc1F)OCc1cc(-c2ccc(Cl)cc2)on1. The Morgan fingerprint density at radius 3 is 2.68 bits per heavy atom. The topological polar surface area (TPSA) is 61.6 Å². The van der Waals surface area contributed by atoms with Crippen LogP contribution in [0, 0.1) is 5.82 Å². The molecule has 0 aliphatic rings. The van der Waals surface area contributed by atoms with Gasteiger partial charge in [-0.25, -0.2) is 9.18 Å². The fraction of sp³-hybridized carbons (Fsp3) is 0.111. The van der Waals surface area contributed by atoms with Gasteiger partial charge in [0.1, 0.15) is 12.3 Å². The van der Waals surface area contributed by atoms with Gasteiger partial charge in [0.05, 0.1) is 0 Å². The highest BCUT2D eigenvalue weighted by atomic mass is 35.5. The maximum absolute atomic E-state index is 13.4. The highest BCUT2D eigenvalue weighted by Gasteiger charge is 2.11. The van der Waals surface area contributed by atoms with E-state index in [1.54, 1.807) is 36.4 Å². The first-order chi connectivity index (χ1) is 12.1. The minimum atomic E-state index is -0.640. The molecule has 1 aromatic heterocycles. The predicted molar refractivity (Wildman–Crippen MR) is 88.6 cm³/mol. The van der Waals surface area contributed by atoms with Crippen LogP contribution >= 0.6 is 11.6 Å². The van der Waals surface area contributed by atoms with Crippen molar-refractivity contribution in [2.24, 2.45) is 0 Å². The third kappa shape index (κ3) is 4.58. The summed E-state index contributed by atoms with van der Waals surface area (Å²) in [5.41, 5.74) is 1.25. The Morgan fingerprint density at radius 2 is 1.92 bits per heavy atom. The number of rotatable bonds is 6. The van der Waals surface area contributed by atoms with Crippen molar-refractivity contribution in [2.75, 3.05) is 6.61 Å². The molecule has 0 spiro atoms. The lowest BCUT2D eigenvalue weighted by Crippen LogP contribution is -2.15. The number of ether oxygens (including phenoxy) is 2. The smallest absolute Gasteiger partial charge is 0.344 e. The van der Waals surface area contributed by atoms with Crippen LogP contribution in [0.1, 0.15) is 5.69 Å². The molecule has 2 aromatic carbocycles. The Kier molecular flexibility index (Phi) is 5.30. The molecule has 0 radical (unpaired) electrons. The Hall–Kier alpha value is -2.86. The van der Waals surface area contributed by atoms with Gasteiger partial charge in [-0.1, -0.05) is 28.9 Å². The quantitative estimate of drug-likeness (QED) is 0.614. The first-order valence-corrected chi connectivity index (χ1v) is 7.74. The number of halogens is 2. The lowest BCUT2D eigenvalue weighted by molar-refractivity contribution is -0.147. The second-order valence-corrected chi connectivity index (χ2v) is 5.51. The number of aromatic nitrogens is 1. The lowest BCUT2D eigenvalue weighted by Gasteiger charge is -2.06. The molecule has 3 aromatic rings. The van der Waals surface area contributed by atoms with E-state index in [2.05, 4.69) is 5.16 Å². The van der Waals surface area contributed by atoms with Crippen molar-refractivity contribution < 1.29 is 23.2 Å². The summed E-state index contributed by atoms with van der Waals surface area (Å²) < 4.78 is 28.7. The number of benzene rings is 2. The second-order valence-electron chi connectivity index (χ2n) is 5.07. The number of para-hydroxylation sites is 1. The van der Waals surface area contributed by atoms with Crippen molar-refractivity contribution in [1.29, 1.82) is 0 Å². The van der Waals surface area contributed by atoms with E-state index in [4.69, 9.17) is 25.6 Å². The van der Waals surface area contributed by atoms with Gasteiger partial charge in [0.25, 0.3) is 0 Å². The maximum Gasteiger partial charge on any atom is 0.344 e. The summed E-state index contributed by atoms with van der Waals surface area (Å²) in [6.45, 7) is -0.473. The molecule has 3 rings (SSSR count). The third-order valence-electron chi connectivity index (χ3n) is 3.25. The lowest BCUT2D eigenvalue weighted by atomic mass is 10.2. The van der Waals surface area contributed by atoms with Crippen molar-refractivity contribution in [2.45, 2.75) is 6.61 Å². The first-order valence-electron chi connectivity index (χ1n) is 7.36. The van der Waals surface area contributed by atoms with Gasteiger partial charge in [-0.2, -0.15) is 0 Å². The minimum Gasteiger partial charge on any atom is -0.479 e. The largest absolute Gasteiger partial charge is 0.479 e. The van der Waals surface area contributed by atoms with Crippen LogP contribution in [0.4, 0.5) is 4.39 Å². The summed E-state index contributed by atoms with van der Waals surface area (Å²) in [4.78, 5) is 11.7. The van der Waals surface area contributed by atoms with Crippen molar-refractivity contribution in [3.8, 4) is 17.1 Å². The standard InChI is InChI=1S/C18H13ClFNO4/c19-13-7-5-12(6-8-13)17-9-14(21-25-17)10-24-18(22)11-23-16-4-2-1-3-15(16)20/h1-9H,10-11H2. The molecule has 128 valence electrons. The zero-order chi connectivity index (χ0) is 17.6. The molecule has 0 aliphatic carbocycles. The maximum atomic E-state index is 13.4. The van der Waals surface area contributed by atoms with Crippen LogP contribution in [0.15, 0.2) is 59.1 Å². The fourth-order valence-electron chi connectivity index (χ4n) is 2.02. The highest BCUT2D eigenvalue weighted by molar-refractivity contribution is 6.30. The zero-order valence-electron chi connectivity index (χ0n) is 12.9. The Balaban J connectivity index is 1.51. The molecule has 1 heterocycles. The Labute approximate surface area is 147 Å². The first kappa shape index (κ1) is 17.0. The molecular weight excluding hydrogens is 349 g/mol. The van der Waals surface area contributed by atoms with Gasteiger partial charge in [0.15, 0.2) is 23.9 Å². The van der Waals surface area contributed by atoms with Gasteiger partial charge < -0.3 is 14.0 Å². The van der Waals surface area contributed by atoms with Crippen LogP contribution in [-0.2, 0) is 16.1 Å². The molecule has 0 amide bonds. The summed E-state index contributed by atoms with van der Waals surface area (Å²) in [7, 11) is 0. The number of carbonyl (C=O) groups excluding carboxylic acids is 1. The summed E-state index contributed by atoms with van der Waals surface area (Å²) in [5, 5.41) is 4.45. The van der Waals surface area contributed by atoms with Crippen LogP contribution in [0.2, 0.25) is 5.02 Å². The van der Waals surface area contributed by atoms with Gasteiger partial charge in [0, 0.05) is 16.7 Å². The van der Waals surface area contributed by atoms with Crippen molar-refractivity contribution >= 4 is 17.6 Å². The number of esters is 1. The van der Waals surface area contributed by atoms with E-state index in [0.717, 1.165) is 5.56 Å². The number of nitrogens with zero attached hydrogens (tertiary/aromatic N) is 1. The number of carbonyl (C=O) groups is 1. The summed E-state index contributed by atoms with van der Waals surface area (Å²) in [6.07, 6.45) is 0. The van der Waals surface area contributed by atoms with Gasteiger partial charge in [-0.15, -0.1) is 0 Å². The molecule has 0 bridgehead atoms. The normalized spacial score (nSPS) is 10.5. The molecule has 0 saturated carbocycles. The van der Waals surface area contributed by atoms with Crippen molar-refractivity contribution in [3.05, 3.63) is 71.1 Å². The van der Waals surface area contributed by atoms with Gasteiger partial charge in [-0.05, 0) is 36.4 Å². The van der Waals surface area contributed by atoms with Crippen LogP contribution in [0.25, 0.3) is 11.3 Å². The summed E-state index contributed by atoms with van der Waals surface area (Å²) in [5.74, 6) is -0.657. The molecule has 25 heavy (non-hydrogen) atoms. The Morgan fingerprint density at radius 1 is 1.16 bits per heavy atom. The number of hydrogen-bond acceptors (Lipinski definition) is 5. The van der Waals surface area contributed by atoms with Crippen LogP contribution in [0.5, 0.6) is 5.75 Å². The molecule has 0 aliphatic heterocycles. The average molecular weight is 362 g/mol. The molecule has 7 heteroatoms. The third-order valence-corrected chi connectivity index (χ3v) is 3.50. The molecule has 0 saturated heterocycles. The summed E-state index contributed by atoms with van der Waals surface area (Å²) in [6, 6.07) is 14.5. The van der Waals surface area contributed by atoms with Crippen molar-refractivity contribution in [3.63, 3.8) is 0 Å². The second kappa shape index (κ2) is 7.81. The fourth-order valence-corrected chi connectivity index (χ4v) is 2.15. The average Bonchev–Trinajstić information content (AvgIpc) is 3.09. The van der Waals surface area contributed by atoms with E-state index in [-0.39, 0.29) is 12.4 Å². The number of hydrogen-bond donors (Lipinski definition) is 0. The molecule has 0 fully saturated rings. The summed E-state index contributed by atoms with van der Waals surface area (Å²) >= 11 is 5.83. The molecule has 0 atom stereocenters. The minimum absolute atomic E-state index is 0.00842. The van der Waals surface area contributed by atoms with Crippen LogP contribution in [-0.4, -0.2) is 17.7 Å². The van der Waals surface area contributed by atoms with Crippen molar-refractivity contribution in [1.82, 2.24) is 5.16 Å². The van der Waals surface area contributed by atoms with E-state index in [1.165, 1.54) is 18.2 Å². The van der Waals surface area contributed by atoms with E-state index < -0.39 is 18.4 Å². The Bertz CT molecular complexity index is 864. The van der Waals surface area contributed by atoms with Gasteiger partial charge in [0.2, 0.25) is 0 Å². The monoisotopic (exact) mass is 361 g/mol.